The summed E-state index contributed by atoms with van der Waals surface area (Å²) >= 11 is 12.2. The Balaban J connectivity index is 1.52. The number of ether oxygens (including phenoxy) is 1. The number of nitrogens with one attached hydrogen (secondary N) is 1. The number of carbonyl (C=O) groups is 1. The van der Waals surface area contributed by atoms with Crippen molar-refractivity contribution in [2.75, 3.05) is 5.32 Å². The Morgan fingerprint density at radius 1 is 0.865 bits per heavy atom. The summed E-state index contributed by atoms with van der Waals surface area (Å²) in [6, 6.07) is 32.6. The maximum Gasteiger partial charge on any atom is 0.266 e. The quantitative estimate of drug-likeness (QED) is 0.180. The number of amides is 1. The van der Waals surface area contributed by atoms with Crippen molar-refractivity contribution in [1.29, 1.82) is 5.26 Å². The van der Waals surface area contributed by atoms with E-state index in [0.717, 1.165) is 27.1 Å². The predicted molar refractivity (Wildman–Crippen MR) is 151 cm³/mol. The Bertz CT molecular complexity index is 1720. The van der Waals surface area contributed by atoms with Crippen molar-refractivity contribution in [2.24, 2.45) is 0 Å². The highest BCUT2D eigenvalue weighted by Crippen LogP contribution is 2.32. The van der Waals surface area contributed by atoms with Crippen molar-refractivity contribution in [3.63, 3.8) is 0 Å². The highest BCUT2D eigenvalue weighted by Gasteiger charge is 2.15. The zero-order valence-corrected chi connectivity index (χ0v) is 21.1. The molecule has 0 radical (unpaired) electrons. The number of nitriles is 1. The predicted octanol–water partition coefficient (Wildman–Crippen LogP) is 8.42. The Labute approximate surface area is 224 Å². The second-order valence-electron chi connectivity index (χ2n) is 8.37. The van der Waals surface area contributed by atoms with Crippen LogP contribution in [0.1, 0.15) is 11.1 Å². The molecule has 0 bridgehead atoms. The van der Waals surface area contributed by atoms with Crippen LogP contribution in [0.4, 0.5) is 5.69 Å². The maximum atomic E-state index is 13.0. The third-order valence-electron chi connectivity index (χ3n) is 6.02. The Hall–Kier alpha value is -4.30. The topological polar surface area (TPSA) is 62.1 Å². The number of benzene rings is 5. The van der Waals surface area contributed by atoms with Gasteiger partial charge in [-0.05, 0) is 57.4 Å². The van der Waals surface area contributed by atoms with Crippen LogP contribution in [-0.4, -0.2) is 5.91 Å². The molecule has 0 aliphatic carbocycles. The molecule has 1 N–H and O–H groups in total. The summed E-state index contributed by atoms with van der Waals surface area (Å²) in [5, 5.41) is 17.3. The first-order valence-corrected chi connectivity index (χ1v) is 12.3. The van der Waals surface area contributed by atoms with Gasteiger partial charge < -0.3 is 10.1 Å². The monoisotopic (exact) mass is 522 g/mol. The summed E-state index contributed by atoms with van der Waals surface area (Å²) in [5.74, 6) is -0.0347. The fourth-order valence-electron chi connectivity index (χ4n) is 4.20. The number of fused-ring (bicyclic) bond motifs is 2. The van der Waals surface area contributed by atoms with Crippen LogP contribution in [0, 0.1) is 11.3 Å². The number of rotatable bonds is 6. The summed E-state index contributed by atoms with van der Waals surface area (Å²) in [6.07, 6.45) is 1.55. The van der Waals surface area contributed by atoms with Gasteiger partial charge in [0.15, 0.2) is 0 Å². The van der Waals surface area contributed by atoms with E-state index in [0.29, 0.717) is 33.7 Å². The molecular formula is C31H20Cl2N2O2. The average molecular weight is 523 g/mol. The molecule has 0 atom stereocenters. The summed E-state index contributed by atoms with van der Waals surface area (Å²) in [5.41, 5.74) is 1.91. The van der Waals surface area contributed by atoms with Gasteiger partial charge in [-0.3, -0.25) is 4.79 Å². The SMILES string of the molecule is N#C/C(=C\c1c(OCc2cccc3ccccc23)ccc2ccccc12)C(=O)Nc1cc(Cl)ccc1Cl. The van der Waals surface area contributed by atoms with E-state index in [1.165, 1.54) is 6.07 Å². The van der Waals surface area contributed by atoms with Crippen molar-refractivity contribution in [1.82, 2.24) is 0 Å². The van der Waals surface area contributed by atoms with Crippen molar-refractivity contribution < 1.29 is 9.53 Å². The first-order valence-electron chi connectivity index (χ1n) is 11.5. The fourth-order valence-corrected chi connectivity index (χ4v) is 4.54. The van der Waals surface area contributed by atoms with Gasteiger partial charge >= 0.3 is 0 Å². The molecule has 0 saturated heterocycles. The van der Waals surface area contributed by atoms with Crippen LogP contribution in [-0.2, 0) is 11.4 Å². The third-order valence-corrected chi connectivity index (χ3v) is 6.59. The molecule has 4 nitrogen and oxygen atoms in total. The lowest BCUT2D eigenvalue weighted by Crippen LogP contribution is -2.14. The smallest absolute Gasteiger partial charge is 0.266 e. The molecule has 180 valence electrons. The van der Waals surface area contributed by atoms with Gasteiger partial charge in [-0.25, -0.2) is 0 Å². The second kappa shape index (κ2) is 10.8. The number of hydrogen-bond donors (Lipinski definition) is 1. The van der Waals surface area contributed by atoms with Crippen LogP contribution in [0.25, 0.3) is 27.6 Å². The largest absolute Gasteiger partial charge is 0.488 e. The molecule has 0 unspecified atom stereocenters. The van der Waals surface area contributed by atoms with Gasteiger partial charge in [-0.2, -0.15) is 5.26 Å². The molecule has 37 heavy (non-hydrogen) atoms. The van der Waals surface area contributed by atoms with Gasteiger partial charge in [0, 0.05) is 10.6 Å². The van der Waals surface area contributed by atoms with Crippen LogP contribution in [0.2, 0.25) is 10.0 Å². The van der Waals surface area contributed by atoms with E-state index in [1.807, 2.05) is 66.7 Å². The van der Waals surface area contributed by atoms with Gasteiger partial charge in [0.1, 0.15) is 24.0 Å². The molecular weight excluding hydrogens is 503 g/mol. The third kappa shape index (κ3) is 5.29. The minimum atomic E-state index is -0.598. The van der Waals surface area contributed by atoms with E-state index >= 15 is 0 Å². The zero-order chi connectivity index (χ0) is 25.8. The minimum absolute atomic E-state index is 0.0950. The lowest BCUT2D eigenvalue weighted by Gasteiger charge is -2.14. The molecule has 5 aromatic rings. The van der Waals surface area contributed by atoms with Crippen molar-refractivity contribution in [2.45, 2.75) is 6.61 Å². The molecule has 0 saturated carbocycles. The van der Waals surface area contributed by atoms with Crippen molar-refractivity contribution in [3.05, 3.63) is 124 Å². The van der Waals surface area contributed by atoms with Crippen LogP contribution < -0.4 is 10.1 Å². The molecule has 0 aliphatic rings. The number of halogens is 2. The van der Waals surface area contributed by atoms with E-state index < -0.39 is 5.91 Å². The van der Waals surface area contributed by atoms with E-state index in [-0.39, 0.29) is 5.57 Å². The van der Waals surface area contributed by atoms with E-state index in [4.69, 9.17) is 27.9 Å². The van der Waals surface area contributed by atoms with Gasteiger partial charge in [0.25, 0.3) is 5.91 Å². The van der Waals surface area contributed by atoms with E-state index in [9.17, 15) is 10.1 Å². The lowest BCUT2D eigenvalue weighted by molar-refractivity contribution is -0.112. The van der Waals surface area contributed by atoms with E-state index in [1.54, 1.807) is 18.2 Å². The van der Waals surface area contributed by atoms with E-state index in [2.05, 4.69) is 23.5 Å². The molecule has 5 aromatic carbocycles. The highest BCUT2D eigenvalue weighted by molar-refractivity contribution is 6.36. The summed E-state index contributed by atoms with van der Waals surface area (Å²) in [4.78, 5) is 13.0. The number of nitrogens with zero attached hydrogens (tertiary/aromatic N) is 1. The number of carbonyl (C=O) groups excluding carboxylic acids is 1. The molecule has 0 heterocycles. The Kier molecular flexibility index (Phi) is 7.09. The fraction of sp³-hybridized carbons (Fsp3) is 0.0323. The maximum absolute atomic E-state index is 13.0. The number of hydrogen-bond acceptors (Lipinski definition) is 3. The summed E-state index contributed by atoms with van der Waals surface area (Å²) < 4.78 is 6.29. The molecule has 0 aliphatic heterocycles. The van der Waals surface area contributed by atoms with Crippen molar-refractivity contribution in [3.8, 4) is 11.8 Å². The van der Waals surface area contributed by atoms with Gasteiger partial charge in [0.05, 0.1) is 10.7 Å². The average Bonchev–Trinajstić information content (AvgIpc) is 2.92. The number of anilines is 1. The van der Waals surface area contributed by atoms with Gasteiger partial charge in [-0.15, -0.1) is 0 Å². The van der Waals surface area contributed by atoms with Crippen LogP contribution in [0.5, 0.6) is 5.75 Å². The standard InChI is InChI=1S/C31H20Cl2N2O2/c32-24-13-14-28(33)29(17-24)35-31(36)23(18-34)16-27-26-11-4-2-7-21(26)12-15-30(27)37-19-22-9-5-8-20-6-1-3-10-25(20)22/h1-17H,19H2,(H,35,36)/b23-16+. The Morgan fingerprint density at radius 3 is 2.35 bits per heavy atom. The normalized spacial score (nSPS) is 11.3. The molecule has 1 amide bonds. The first kappa shape index (κ1) is 24.4. The molecule has 5 rings (SSSR count). The van der Waals surface area contributed by atoms with Gasteiger partial charge in [0.2, 0.25) is 0 Å². The highest BCUT2D eigenvalue weighted by atomic mass is 35.5. The summed E-state index contributed by atoms with van der Waals surface area (Å²) in [6.45, 7) is 0.326. The molecule has 0 spiro atoms. The first-order chi connectivity index (χ1) is 18.0. The zero-order valence-electron chi connectivity index (χ0n) is 19.5. The van der Waals surface area contributed by atoms with Crippen LogP contribution in [0.15, 0.2) is 103 Å². The van der Waals surface area contributed by atoms with Crippen LogP contribution in [0.3, 0.4) is 0 Å². The van der Waals surface area contributed by atoms with Crippen molar-refractivity contribution >= 4 is 62.4 Å². The van der Waals surface area contributed by atoms with Gasteiger partial charge in [-0.1, -0.05) is 96.0 Å². The second-order valence-corrected chi connectivity index (χ2v) is 9.22. The lowest BCUT2D eigenvalue weighted by atomic mass is 10.0. The molecule has 0 fully saturated rings. The molecule has 6 heteroatoms. The summed E-state index contributed by atoms with van der Waals surface area (Å²) in [7, 11) is 0. The minimum Gasteiger partial charge on any atom is -0.488 e. The van der Waals surface area contributed by atoms with Crippen LogP contribution >= 0.6 is 23.2 Å². The Morgan fingerprint density at radius 2 is 1.57 bits per heavy atom. The molecule has 0 aromatic heterocycles.